The van der Waals surface area contributed by atoms with Gasteiger partial charge >= 0.3 is 0 Å². The van der Waals surface area contributed by atoms with E-state index < -0.39 is 0 Å². The summed E-state index contributed by atoms with van der Waals surface area (Å²) in [5.41, 5.74) is 6.99. The van der Waals surface area contributed by atoms with Gasteiger partial charge in [-0.15, -0.1) is 0 Å². The van der Waals surface area contributed by atoms with Crippen LogP contribution in [0.2, 0.25) is 0 Å². The summed E-state index contributed by atoms with van der Waals surface area (Å²) in [5, 5.41) is 2.51. The van der Waals surface area contributed by atoms with Gasteiger partial charge in [0, 0.05) is 17.8 Å². The molecule has 78 valence electrons. The van der Waals surface area contributed by atoms with E-state index in [4.69, 9.17) is 5.73 Å². The van der Waals surface area contributed by atoms with Crippen molar-refractivity contribution in [1.82, 2.24) is 4.98 Å². The first kappa shape index (κ1) is 10.1. The average Bonchev–Trinajstić information content (AvgIpc) is 2.29. The van der Waals surface area contributed by atoms with Crippen LogP contribution in [0.1, 0.15) is 12.5 Å². The minimum atomic E-state index is 0.524. The maximum absolute atomic E-state index is 5.65. The molecule has 2 nitrogen and oxygen atoms in total. The first-order valence-corrected chi connectivity index (χ1v) is 5.33. The van der Waals surface area contributed by atoms with Gasteiger partial charge in [-0.2, -0.15) is 0 Å². The summed E-state index contributed by atoms with van der Waals surface area (Å²) < 4.78 is 0. The Balaban J connectivity index is 2.42. The van der Waals surface area contributed by atoms with Crippen molar-refractivity contribution in [2.75, 3.05) is 6.54 Å². The molecule has 0 saturated heterocycles. The number of aromatic nitrogens is 1. The number of nitrogens with two attached hydrogens (primary N) is 1. The predicted octanol–water partition coefficient (Wildman–Crippen LogP) is 2.37. The zero-order valence-corrected chi connectivity index (χ0v) is 8.98. The SMILES string of the molecule is CC(CN)Cc1cccc2ccncc12. The van der Waals surface area contributed by atoms with Crippen LogP contribution in [0, 0.1) is 5.92 Å². The van der Waals surface area contributed by atoms with Gasteiger partial charge in [0.05, 0.1) is 0 Å². The van der Waals surface area contributed by atoms with Crippen molar-refractivity contribution < 1.29 is 0 Å². The van der Waals surface area contributed by atoms with Crippen LogP contribution in [0.15, 0.2) is 36.7 Å². The van der Waals surface area contributed by atoms with Crippen LogP contribution < -0.4 is 5.73 Å². The third-order valence-corrected chi connectivity index (χ3v) is 2.74. The summed E-state index contributed by atoms with van der Waals surface area (Å²) in [6, 6.07) is 8.43. The molecule has 1 heterocycles. The fraction of sp³-hybridized carbons (Fsp3) is 0.308. The summed E-state index contributed by atoms with van der Waals surface area (Å²) in [5.74, 6) is 0.524. The minimum absolute atomic E-state index is 0.524. The zero-order valence-electron chi connectivity index (χ0n) is 8.98. The van der Waals surface area contributed by atoms with Crippen molar-refractivity contribution in [3.63, 3.8) is 0 Å². The molecule has 0 bridgehead atoms. The van der Waals surface area contributed by atoms with Gasteiger partial charge in [0.2, 0.25) is 0 Å². The Kier molecular flexibility index (Phi) is 2.97. The third-order valence-electron chi connectivity index (χ3n) is 2.74. The van der Waals surface area contributed by atoms with Gasteiger partial charge in [-0.25, -0.2) is 0 Å². The van der Waals surface area contributed by atoms with Crippen LogP contribution in [0.4, 0.5) is 0 Å². The van der Waals surface area contributed by atoms with Gasteiger partial charge in [-0.05, 0) is 35.9 Å². The Morgan fingerprint density at radius 1 is 1.33 bits per heavy atom. The number of rotatable bonds is 3. The van der Waals surface area contributed by atoms with Gasteiger partial charge in [-0.1, -0.05) is 25.1 Å². The number of hydrogen-bond acceptors (Lipinski definition) is 2. The summed E-state index contributed by atoms with van der Waals surface area (Å²) in [6.45, 7) is 2.91. The van der Waals surface area contributed by atoms with Crippen LogP contribution in [0.5, 0.6) is 0 Å². The van der Waals surface area contributed by atoms with E-state index in [0.717, 1.165) is 13.0 Å². The molecule has 0 fully saturated rings. The second-order valence-electron chi connectivity index (χ2n) is 4.06. The highest BCUT2D eigenvalue weighted by atomic mass is 14.6. The van der Waals surface area contributed by atoms with Crippen molar-refractivity contribution in [2.45, 2.75) is 13.3 Å². The Labute approximate surface area is 90.1 Å². The first-order valence-electron chi connectivity index (χ1n) is 5.33. The van der Waals surface area contributed by atoms with E-state index in [1.54, 1.807) is 0 Å². The van der Waals surface area contributed by atoms with Crippen LogP contribution in [0.3, 0.4) is 0 Å². The van der Waals surface area contributed by atoms with Crippen molar-refractivity contribution in [1.29, 1.82) is 0 Å². The van der Waals surface area contributed by atoms with Crippen molar-refractivity contribution >= 4 is 10.8 Å². The maximum atomic E-state index is 5.65. The minimum Gasteiger partial charge on any atom is -0.330 e. The number of benzene rings is 1. The standard InChI is InChI=1S/C13H16N2/c1-10(8-14)7-12-4-2-3-11-5-6-15-9-13(11)12/h2-6,9-10H,7-8,14H2,1H3. The summed E-state index contributed by atoms with van der Waals surface area (Å²) in [6.07, 6.45) is 4.80. The molecular formula is C13H16N2. The van der Waals surface area contributed by atoms with E-state index in [1.807, 2.05) is 18.5 Å². The van der Waals surface area contributed by atoms with E-state index in [0.29, 0.717) is 5.92 Å². The number of hydrogen-bond donors (Lipinski definition) is 1. The fourth-order valence-electron chi connectivity index (χ4n) is 1.81. The van der Waals surface area contributed by atoms with E-state index in [2.05, 4.69) is 30.1 Å². The van der Waals surface area contributed by atoms with Crippen LogP contribution in [-0.2, 0) is 6.42 Å². The molecule has 1 aromatic carbocycles. The molecule has 2 N–H and O–H groups in total. The molecule has 1 aromatic heterocycles. The Morgan fingerprint density at radius 2 is 2.20 bits per heavy atom. The molecule has 2 rings (SSSR count). The van der Waals surface area contributed by atoms with Gasteiger partial charge in [-0.3, -0.25) is 4.98 Å². The van der Waals surface area contributed by atoms with Gasteiger partial charge in [0.25, 0.3) is 0 Å². The quantitative estimate of drug-likeness (QED) is 0.826. The first-order chi connectivity index (χ1) is 7.31. The van der Waals surface area contributed by atoms with E-state index in [-0.39, 0.29) is 0 Å². The largest absolute Gasteiger partial charge is 0.330 e. The normalized spacial score (nSPS) is 12.9. The Morgan fingerprint density at radius 3 is 3.00 bits per heavy atom. The monoisotopic (exact) mass is 200 g/mol. The molecule has 1 unspecified atom stereocenters. The molecule has 2 aromatic rings. The lowest BCUT2D eigenvalue weighted by atomic mass is 9.97. The molecule has 1 atom stereocenters. The lowest BCUT2D eigenvalue weighted by Gasteiger charge is -2.10. The molecule has 0 spiro atoms. The summed E-state index contributed by atoms with van der Waals surface area (Å²) >= 11 is 0. The smallest absolute Gasteiger partial charge is 0.0349 e. The second kappa shape index (κ2) is 4.41. The highest BCUT2D eigenvalue weighted by Gasteiger charge is 2.04. The van der Waals surface area contributed by atoms with Crippen LogP contribution in [0.25, 0.3) is 10.8 Å². The number of pyridine rings is 1. The predicted molar refractivity (Wildman–Crippen MR) is 63.7 cm³/mol. The molecule has 0 aliphatic rings. The molecule has 0 aliphatic heterocycles. The highest BCUT2D eigenvalue weighted by molar-refractivity contribution is 5.84. The van der Waals surface area contributed by atoms with Crippen LogP contribution in [-0.4, -0.2) is 11.5 Å². The van der Waals surface area contributed by atoms with Crippen molar-refractivity contribution in [3.05, 3.63) is 42.2 Å². The molecule has 2 heteroatoms. The van der Waals surface area contributed by atoms with Gasteiger partial charge in [0.1, 0.15) is 0 Å². The van der Waals surface area contributed by atoms with Crippen LogP contribution >= 0.6 is 0 Å². The van der Waals surface area contributed by atoms with E-state index in [1.165, 1.54) is 16.3 Å². The summed E-state index contributed by atoms with van der Waals surface area (Å²) in [4.78, 5) is 4.18. The summed E-state index contributed by atoms with van der Waals surface area (Å²) in [7, 11) is 0. The van der Waals surface area contributed by atoms with Gasteiger partial charge < -0.3 is 5.73 Å². The highest BCUT2D eigenvalue weighted by Crippen LogP contribution is 2.19. The van der Waals surface area contributed by atoms with E-state index in [9.17, 15) is 0 Å². The molecule has 0 saturated carbocycles. The second-order valence-corrected chi connectivity index (χ2v) is 4.06. The van der Waals surface area contributed by atoms with E-state index >= 15 is 0 Å². The fourth-order valence-corrected chi connectivity index (χ4v) is 1.81. The lowest BCUT2D eigenvalue weighted by molar-refractivity contribution is 0.595. The molecule has 0 radical (unpaired) electrons. The Bertz CT molecular complexity index is 446. The topological polar surface area (TPSA) is 38.9 Å². The van der Waals surface area contributed by atoms with Gasteiger partial charge in [0.15, 0.2) is 0 Å². The lowest BCUT2D eigenvalue weighted by Crippen LogP contribution is -2.13. The molecule has 0 amide bonds. The molecule has 0 aliphatic carbocycles. The van der Waals surface area contributed by atoms with Crippen molar-refractivity contribution in [2.24, 2.45) is 11.7 Å². The van der Waals surface area contributed by atoms with Crippen molar-refractivity contribution in [3.8, 4) is 0 Å². The zero-order chi connectivity index (χ0) is 10.7. The Hall–Kier alpha value is -1.41. The molecule has 15 heavy (non-hydrogen) atoms. The molecular weight excluding hydrogens is 184 g/mol. The number of fused-ring (bicyclic) bond motifs is 1. The number of nitrogens with zero attached hydrogens (tertiary/aromatic N) is 1. The third kappa shape index (κ3) is 2.16. The average molecular weight is 200 g/mol. The maximum Gasteiger partial charge on any atom is 0.0349 e.